The van der Waals surface area contributed by atoms with Gasteiger partial charge in [-0.05, 0) is 66.0 Å². The van der Waals surface area contributed by atoms with Crippen molar-refractivity contribution in [2.75, 3.05) is 193 Å². The smallest absolute Gasteiger partial charge is 0.328 e. The maximum absolute atomic E-state index is 13.7. The summed E-state index contributed by atoms with van der Waals surface area (Å²) < 4.78 is 33.0. The van der Waals surface area contributed by atoms with Crippen LogP contribution in [-0.4, -0.2) is 284 Å². The van der Waals surface area contributed by atoms with Crippen LogP contribution in [-0.2, 0) is 38.8 Å². The van der Waals surface area contributed by atoms with Crippen LogP contribution < -0.4 is 45.3 Å². The molecule has 6 aromatic rings. The van der Waals surface area contributed by atoms with Gasteiger partial charge in [-0.3, -0.25) is 74.1 Å². The van der Waals surface area contributed by atoms with Crippen molar-refractivity contribution in [3.8, 4) is 18.2 Å². The fraction of sp³-hybridized carbons (Fsp3) is 0.440. The van der Waals surface area contributed by atoms with Gasteiger partial charge in [0.15, 0.2) is 18.9 Å². The Balaban J connectivity index is 0.000000178. The molecule has 0 aliphatic carbocycles. The Hall–Kier alpha value is -12.3. The average molecular weight is 1540 g/mol. The molecule has 2 atom stereocenters. The van der Waals surface area contributed by atoms with E-state index in [-0.39, 0.29) is 119 Å². The summed E-state index contributed by atoms with van der Waals surface area (Å²) in [6.45, 7) is 11.2. The molecule has 0 aromatic carbocycles. The molecule has 9 amide bonds. The van der Waals surface area contributed by atoms with Crippen LogP contribution in [0.4, 0.5) is 75.1 Å². The van der Waals surface area contributed by atoms with Gasteiger partial charge in [0.05, 0.1) is 71.1 Å². The van der Waals surface area contributed by atoms with E-state index in [1.165, 1.54) is 65.4 Å². The third kappa shape index (κ3) is 20.2. The number of nitrogens with one attached hydrogen (secondary N) is 3. The third-order valence-electron chi connectivity index (χ3n) is 20.2. The van der Waals surface area contributed by atoms with Crippen molar-refractivity contribution in [2.45, 2.75) is 69.9 Å². The molecule has 0 radical (unpaired) electrons. The number of ether oxygens (including phenoxy) is 1. The molecule has 0 spiro atoms. The summed E-state index contributed by atoms with van der Waals surface area (Å²) in [6.07, 6.45) is 6.91. The molecular formula is C75H88F2N24O11. The molecular weight excluding hydrogens is 1450 g/mol. The molecule has 0 bridgehead atoms. The van der Waals surface area contributed by atoms with E-state index in [0.29, 0.717) is 130 Å². The highest BCUT2D eigenvalue weighted by molar-refractivity contribution is 6.02. The van der Waals surface area contributed by atoms with E-state index in [9.17, 15) is 72.8 Å². The lowest BCUT2D eigenvalue weighted by Crippen LogP contribution is -2.48. The first-order valence-corrected chi connectivity index (χ1v) is 35.9. The normalized spacial score (nSPS) is 19.1. The van der Waals surface area contributed by atoms with Crippen molar-refractivity contribution in [1.82, 2.24) is 59.3 Å². The SMILES string of the molecule is CN1CCN(Cc2ccc(N(C)C(=O)Nc3cc(N4CCC(C)(O)C4)c(C#N)cn3)nc2C=O)C(=O)C1.CN1CCN(Cc2ccc(N(C)C(=O)Nc3cc(N4CCC(F)(F)C4)c(C#N)cn3)nc2C=O)C(=O)C1.COC1(C)CCN(c2cc(NC(=O)N(C)c3ccc(CN4CCN(C)CC4=O)c(C=O)n3)ncc2C#N)C1. The first kappa shape index (κ1) is 82.2. The predicted molar refractivity (Wildman–Crippen MR) is 408 cm³/mol. The topological polar surface area (TPSA) is 407 Å². The van der Waals surface area contributed by atoms with Crippen LogP contribution in [0.1, 0.15) is 98.0 Å². The molecule has 12 rings (SSSR count). The average Bonchev–Trinajstić information content (AvgIpc) is 0.938. The number of halogens is 2. The Morgan fingerprint density at radius 1 is 0.509 bits per heavy atom. The zero-order valence-electron chi connectivity index (χ0n) is 63.7. The molecule has 6 aliphatic heterocycles. The molecule has 37 heteroatoms. The van der Waals surface area contributed by atoms with Crippen LogP contribution in [0.15, 0.2) is 73.2 Å². The number of hydrogen-bond acceptors (Lipinski definition) is 26. The van der Waals surface area contributed by atoms with Crippen LogP contribution in [0.2, 0.25) is 0 Å². The summed E-state index contributed by atoms with van der Waals surface area (Å²) in [5.41, 5.74) is 3.43. The fourth-order valence-corrected chi connectivity index (χ4v) is 13.2. The third-order valence-corrected chi connectivity index (χ3v) is 20.2. The van der Waals surface area contributed by atoms with Gasteiger partial charge in [-0.15, -0.1) is 0 Å². The second-order valence-corrected chi connectivity index (χ2v) is 28.7. The molecule has 4 N–H and O–H groups in total. The number of urea groups is 3. The summed E-state index contributed by atoms with van der Waals surface area (Å²) in [5, 5.41) is 46.7. The summed E-state index contributed by atoms with van der Waals surface area (Å²) >= 11 is 0. The van der Waals surface area contributed by atoms with Gasteiger partial charge in [-0.1, -0.05) is 18.2 Å². The predicted octanol–water partition coefficient (Wildman–Crippen LogP) is 4.73. The number of likely N-dealkylation sites (N-methyl/N-ethyl adjacent to an activating group) is 3. The quantitative estimate of drug-likeness (QED) is 0.0796. The molecule has 6 saturated heterocycles. The molecule has 588 valence electrons. The van der Waals surface area contributed by atoms with Crippen LogP contribution in [0.5, 0.6) is 0 Å². The molecule has 6 fully saturated rings. The summed E-state index contributed by atoms with van der Waals surface area (Å²) in [6, 6.07) is 19.0. The first-order chi connectivity index (χ1) is 53.3. The molecule has 12 heterocycles. The molecule has 6 aliphatic rings. The maximum Gasteiger partial charge on any atom is 0.328 e. The van der Waals surface area contributed by atoms with Crippen molar-refractivity contribution in [1.29, 1.82) is 15.8 Å². The number of rotatable bonds is 19. The van der Waals surface area contributed by atoms with Crippen molar-refractivity contribution in [3.05, 3.63) is 124 Å². The Morgan fingerprint density at radius 2 is 0.830 bits per heavy atom. The lowest BCUT2D eigenvalue weighted by atomic mass is 10.1. The van der Waals surface area contributed by atoms with E-state index >= 15 is 0 Å². The summed E-state index contributed by atoms with van der Waals surface area (Å²) in [7, 11) is 11.8. The van der Waals surface area contributed by atoms with Crippen molar-refractivity contribution >= 4 is 107 Å². The number of aliphatic hydroxyl groups is 1. The van der Waals surface area contributed by atoms with Crippen LogP contribution in [0, 0.1) is 34.0 Å². The van der Waals surface area contributed by atoms with Crippen molar-refractivity contribution in [3.63, 3.8) is 0 Å². The van der Waals surface area contributed by atoms with Crippen LogP contribution >= 0.6 is 0 Å². The first-order valence-electron chi connectivity index (χ1n) is 35.9. The summed E-state index contributed by atoms with van der Waals surface area (Å²) in [4.78, 5) is 156. The van der Waals surface area contributed by atoms with Gasteiger partial charge in [0, 0.05) is 180 Å². The number of alkyl halides is 2. The molecule has 112 heavy (non-hydrogen) atoms. The van der Waals surface area contributed by atoms with E-state index < -0.39 is 36.2 Å². The van der Waals surface area contributed by atoms with Crippen LogP contribution in [0.25, 0.3) is 0 Å². The van der Waals surface area contributed by atoms with E-state index in [1.807, 2.05) is 58.6 Å². The number of β-amino-alcohol motifs (C(OH)–C–C–N with tert-alkyl or cyclic N) is 1. The van der Waals surface area contributed by atoms with Gasteiger partial charge in [-0.2, -0.15) is 15.8 Å². The maximum atomic E-state index is 13.7. The number of carbonyl (C=O) groups excluding carboxylic acids is 9. The number of carbonyl (C=O) groups is 9. The highest BCUT2D eigenvalue weighted by Crippen LogP contribution is 2.36. The number of anilines is 9. The monoisotopic (exact) mass is 1540 g/mol. The number of amides is 9. The minimum Gasteiger partial charge on any atom is -0.388 e. The van der Waals surface area contributed by atoms with Crippen LogP contribution in [0.3, 0.4) is 0 Å². The van der Waals surface area contributed by atoms with E-state index in [0.717, 1.165) is 26.1 Å². The lowest BCUT2D eigenvalue weighted by Gasteiger charge is -2.32. The number of nitrogens with zero attached hydrogens (tertiary/aromatic N) is 21. The number of pyridine rings is 6. The minimum absolute atomic E-state index is 0.00812. The fourth-order valence-electron chi connectivity index (χ4n) is 13.2. The minimum atomic E-state index is -2.86. The van der Waals surface area contributed by atoms with Crippen molar-refractivity contribution < 1.29 is 61.8 Å². The second kappa shape index (κ2) is 35.6. The summed E-state index contributed by atoms with van der Waals surface area (Å²) in [5.74, 6) is -1.64. The Kier molecular flexibility index (Phi) is 26.1. The van der Waals surface area contributed by atoms with E-state index in [4.69, 9.17) is 4.74 Å². The number of piperazine rings is 3. The number of hydrogen-bond donors (Lipinski definition) is 4. The zero-order valence-corrected chi connectivity index (χ0v) is 63.7. The molecule has 0 saturated carbocycles. The van der Waals surface area contributed by atoms with E-state index in [1.54, 1.807) is 77.3 Å². The Morgan fingerprint density at radius 3 is 1.11 bits per heavy atom. The van der Waals surface area contributed by atoms with Gasteiger partial charge in [0.1, 0.15) is 70.2 Å². The molecule has 2 unspecified atom stereocenters. The lowest BCUT2D eigenvalue weighted by molar-refractivity contribution is -0.136. The van der Waals surface area contributed by atoms with Gasteiger partial charge in [0.2, 0.25) is 17.7 Å². The van der Waals surface area contributed by atoms with Gasteiger partial charge < -0.3 is 39.2 Å². The van der Waals surface area contributed by atoms with Gasteiger partial charge in [-0.25, -0.2) is 53.1 Å². The second-order valence-electron chi connectivity index (χ2n) is 28.7. The highest BCUT2D eigenvalue weighted by Gasteiger charge is 2.40. The highest BCUT2D eigenvalue weighted by atomic mass is 19.3. The standard InChI is InChI=1S/C26H32N8O4.C25H30N8O4.C24H26F2N8O3/c1-26(38-4)7-8-34(17-26)21-11-22(28-13-19(21)12-27)30-25(37)32(3)23-6-5-18(20(16-35)29-23)14-33-10-9-31(2)15-24(33)36;1-25(37)6-7-33(16-25)20-10-21(27-12-18(20)11-26)29-24(36)31(3)22-5-4-17(19(15-34)28-22)13-32-9-8-30(2)14-23(32)35;1-31-7-8-33(22(36)13-31)12-16-3-4-21(29-18(16)14-35)32(2)23(37)30-20-9-19(17(10-27)11-28-20)34-6-5-24(25,26)15-34/h5-6,11,13,16H,7-10,14-15,17H2,1-4H3,(H,28,30,37);4-5,10,12,15,37H,6-9,13-14,16H2,1-3H3,(H,27,29,36);3-4,9,11,14H,5-8,12-13,15H2,1-2H3,(H,28,30,37). The molecule has 35 nitrogen and oxygen atoms in total. The molecule has 6 aromatic heterocycles. The van der Waals surface area contributed by atoms with Gasteiger partial charge >= 0.3 is 18.1 Å². The van der Waals surface area contributed by atoms with E-state index in [2.05, 4.69) is 58.0 Å². The number of methoxy groups -OCH3 is 1. The Labute approximate surface area is 645 Å². The zero-order chi connectivity index (χ0) is 80.9. The Bertz CT molecular complexity index is 4530. The largest absolute Gasteiger partial charge is 0.388 e. The van der Waals surface area contributed by atoms with Crippen molar-refractivity contribution in [2.24, 2.45) is 0 Å². The number of aldehydes is 3. The van der Waals surface area contributed by atoms with Gasteiger partial charge in [0.25, 0.3) is 5.92 Å². The number of nitriles is 3. The number of aromatic nitrogens is 6.